The Labute approximate surface area is 189 Å². The number of imidazole rings is 1. The number of aromatic nitrogens is 4. The van der Waals surface area contributed by atoms with Crippen molar-refractivity contribution in [3.05, 3.63) is 84.5 Å². The van der Waals surface area contributed by atoms with Gasteiger partial charge < -0.3 is 11.1 Å². The maximum atomic E-state index is 13.8. The Hall–Kier alpha value is -4.33. The predicted octanol–water partition coefficient (Wildman–Crippen LogP) is 4.80. The average Bonchev–Trinajstić information content (AvgIpc) is 3.18. The molecule has 0 atom stereocenters. The third-order valence-electron chi connectivity index (χ3n) is 5.49. The Morgan fingerprint density at radius 1 is 1.09 bits per heavy atom. The van der Waals surface area contributed by atoms with Crippen LogP contribution in [0.2, 0.25) is 0 Å². The van der Waals surface area contributed by atoms with E-state index in [4.69, 9.17) is 5.73 Å². The summed E-state index contributed by atoms with van der Waals surface area (Å²) < 4.78 is 15.7. The number of nitrogens with two attached hydrogens (primary N) is 1. The lowest BCUT2D eigenvalue weighted by molar-refractivity contribution is -0.115. The fraction of sp³-hybridized carbons (Fsp3) is 0.120. The maximum absolute atomic E-state index is 13.8. The van der Waals surface area contributed by atoms with E-state index >= 15 is 0 Å². The predicted molar refractivity (Wildman–Crippen MR) is 126 cm³/mol. The topological polar surface area (TPSA) is 98.7 Å². The largest absolute Gasteiger partial charge is 0.383 e. The number of hydrogen-bond acceptors (Lipinski definition) is 5. The first-order valence-corrected chi connectivity index (χ1v) is 10.6. The van der Waals surface area contributed by atoms with Gasteiger partial charge in [-0.25, -0.2) is 19.3 Å². The molecular weight excluding hydrogens is 419 g/mol. The zero-order valence-corrected chi connectivity index (χ0v) is 17.7. The Balaban J connectivity index is 1.47. The van der Waals surface area contributed by atoms with E-state index in [0.29, 0.717) is 47.6 Å². The molecule has 4 aromatic rings. The lowest BCUT2D eigenvalue weighted by atomic mass is 9.99. The van der Waals surface area contributed by atoms with Gasteiger partial charge in [0.05, 0.1) is 11.8 Å². The molecule has 0 fully saturated rings. The number of carbonyl (C=O) groups is 1. The van der Waals surface area contributed by atoms with Crippen LogP contribution in [0.1, 0.15) is 19.3 Å². The number of nitrogen functional groups attached to an aromatic ring is 1. The summed E-state index contributed by atoms with van der Waals surface area (Å²) in [6.45, 7) is 0. The SMILES string of the molecule is Nc1ncccc1-c1nc2cc(F)cnc2n1C1=CC=C(CC(=O)Nc2ccccc2)CC1. The molecular formula is C25H21FN6O. The molecule has 1 amide bonds. The lowest BCUT2D eigenvalue weighted by Crippen LogP contribution is -2.13. The van der Waals surface area contributed by atoms with E-state index in [0.717, 1.165) is 17.0 Å². The van der Waals surface area contributed by atoms with Crippen LogP contribution in [-0.2, 0) is 4.79 Å². The molecule has 0 saturated carbocycles. The number of amides is 1. The van der Waals surface area contributed by atoms with Gasteiger partial charge in [-0.1, -0.05) is 29.8 Å². The van der Waals surface area contributed by atoms with Crippen molar-refractivity contribution in [1.82, 2.24) is 19.5 Å². The number of anilines is 2. The summed E-state index contributed by atoms with van der Waals surface area (Å²) in [5.74, 6) is 0.374. The highest BCUT2D eigenvalue weighted by Crippen LogP contribution is 2.34. The standard InChI is InChI=1S/C25H21FN6O/c26-17-14-21-25(29-15-17)32(24(31-21)20-7-4-12-28-23(20)27)19-10-8-16(9-11-19)13-22(33)30-18-5-2-1-3-6-18/h1-8,10,12,14-15H,9,11,13H2,(H2,27,28)(H,30,33). The number of hydrogen-bond donors (Lipinski definition) is 2. The lowest BCUT2D eigenvalue weighted by Gasteiger charge is -2.18. The maximum Gasteiger partial charge on any atom is 0.228 e. The highest BCUT2D eigenvalue weighted by Gasteiger charge is 2.21. The molecule has 0 unspecified atom stereocenters. The Morgan fingerprint density at radius 3 is 2.70 bits per heavy atom. The van der Waals surface area contributed by atoms with Gasteiger partial charge in [0.25, 0.3) is 0 Å². The molecule has 1 aromatic carbocycles. The first-order chi connectivity index (χ1) is 16.1. The summed E-state index contributed by atoms with van der Waals surface area (Å²) in [5.41, 5.74) is 10.5. The summed E-state index contributed by atoms with van der Waals surface area (Å²) in [6, 6.07) is 14.3. The molecule has 5 rings (SSSR count). The van der Waals surface area contributed by atoms with Gasteiger partial charge in [-0.2, -0.15) is 0 Å². The second-order valence-corrected chi connectivity index (χ2v) is 7.78. The number of halogens is 1. The third kappa shape index (κ3) is 4.23. The molecule has 3 N–H and O–H groups in total. The smallest absolute Gasteiger partial charge is 0.228 e. The zero-order chi connectivity index (χ0) is 22.8. The van der Waals surface area contributed by atoms with Crippen LogP contribution in [0, 0.1) is 5.82 Å². The molecule has 0 spiro atoms. The van der Waals surface area contributed by atoms with Gasteiger partial charge in [0.2, 0.25) is 5.91 Å². The summed E-state index contributed by atoms with van der Waals surface area (Å²) >= 11 is 0. The number of carbonyl (C=O) groups excluding carboxylic acids is 1. The van der Waals surface area contributed by atoms with E-state index in [1.807, 2.05) is 53.1 Å². The van der Waals surface area contributed by atoms with Crippen LogP contribution < -0.4 is 11.1 Å². The van der Waals surface area contributed by atoms with Crippen molar-refractivity contribution in [2.24, 2.45) is 0 Å². The summed E-state index contributed by atoms with van der Waals surface area (Å²) in [5, 5.41) is 2.91. The molecule has 8 heteroatoms. The summed E-state index contributed by atoms with van der Waals surface area (Å²) in [4.78, 5) is 25.5. The number of para-hydroxylation sites is 1. The second-order valence-electron chi connectivity index (χ2n) is 7.78. The molecule has 1 aliphatic rings. The molecule has 0 saturated heterocycles. The minimum Gasteiger partial charge on any atom is -0.383 e. The Bertz CT molecular complexity index is 1410. The van der Waals surface area contributed by atoms with Crippen molar-refractivity contribution in [3.63, 3.8) is 0 Å². The van der Waals surface area contributed by atoms with Crippen LogP contribution in [0.15, 0.2) is 78.6 Å². The van der Waals surface area contributed by atoms with Gasteiger partial charge in [0.1, 0.15) is 23.0 Å². The fourth-order valence-corrected chi connectivity index (χ4v) is 3.94. The normalized spacial score (nSPS) is 13.5. The number of pyridine rings is 2. The van der Waals surface area contributed by atoms with Crippen molar-refractivity contribution >= 4 is 34.3 Å². The summed E-state index contributed by atoms with van der Waals surface area (Å²) in [6.07, 6.45) is 8.38. The molecule has 33 heavy (non-hydrogen) atoms. The van der Waals surface area contributed by atoms with E-state index in [2.05, 4.69) is 20.3 Å². The Kier molecular flexibility index (Phi) is 5.40. The van der Waals surface area contributed by atoms with Crippen molar-refractivity contribution in [1.29, 1.82) is 0 Å². The van der Waals surface area contributed by atoms with Crippen LogP contribution in [0.4, 0.5) is 15.9 Å². The third-order valence-corrected chi connectivity index (χ3v) is 5.49. The van der Waals surface area contributed by atoms with Crippen LogP contribution in [-0.4, -0.2) is 25.4 Å². The van der Waals surface area contributed by atoms with E-state index in [9.17, 15) is 9.18 Å². The van der Waals surface area contributed by atoms with E-state index in [-0.39, 0.29) is 5.91 Å². The molecule has 0 bridgehead atoms. The molecule has 164 valence electrons. The van der Waals surface area contributed by atoms with Crippen molar-refractivity contribution in [3.8, 4) is 11.4 Å². The number of nitrogens with one attached hydrogen (secondary N) is 1. The minimum atomic E-state index is -0.456. The van der Waals surface area contributed by atoms with Crippen molar-refractivity contribution in [2.45, 2.75) is 19.3 Å². The number of fused-ring (bicyclic) bond motifs is 1. The van der Waals surface area contributed by atoms with Gasteiger partial charge in [-0.15, -0.1) is 0 Å². The fourth-order valence-electron chi connectivity index (χ4n) is 3.94. The number of benzene rings is 1. The van der Waals surface area contributed by atoms with Crippen LogP contribution in [0.5, 0.6) is 0 Å². The molecule has 7 nitrogen and oxygen atoms in total. The number of nitrogens with zero attached hydrogens (tertiary/aromatic N) is 4. The molecule has 1 aliphatic carbocycles. The molecule has 0 radical (unpaired) electrons. The van der Waals surface area contributed by atoms with E-state index in [1.165, 1.54) is 12.3 Å². The number of rotatable bonds is 5. The van der Waals surface area contributed by atoms with Gasteiger partial charge >= 0.3 is 0 Å². The van der Waals surface area contributed by atoms with Gasteiger partial charge in [0, 0.05) is 30.1 Å². The van der Waals surface area contributed by atoms with Crippen molar-refractivity contribution in [2.75, 3.05) is 11.1 Å². The van der Waals surface area contributed by atoms with Gasteiger partial charge in [-0.3, -0.25) is 9.36 Å². The van der Waals surface area contributed by atoms with Gasteiger partial charge in [0.15, 0.2) is 5.65 Å². The summed E-state index contributed by atoms with van der Waals surface area (Å²) in [7, 11) is 0. The second kappa shape index (κ2) is 8.66. The first kappa shape index (κ1) is 20.6. The zero-order valence-electron chi connectivity index (χ0n) is 17.7. The minimum absolute atomic E-state index is 0.0571. The van der Waals surface area contributed by atoms with Crippen LogP contribution in [0.25, 0.3) is 28.2 Å². The monoisotopic (exact) mass is 440 g/mol. The molecule has 0 aliphatic heterocycles. The van der Waals surface area contributed by atoms with E-state index in [1.54, 1.807) is 12.3 Å². The quantitative estimate of drug-likeness (QED) is 0.464. The average molecular weight is 440 g/mol. The highest BCUT2D eigenvalue weighted by molar-refractivity contribution is 5.92. The molecule has 3 heterocycles. The first-order valence-electron chi connectivity index (χ1n) is 10.6. The molecule has 3 aromatic heterocycles. The number of allylic oxidation sites excluding steroid dienone is 3. The van der Waals surface area contributed by atoms with E-state index < -0.39 is 5.82 Å². The van der Waals surface area contributed by atoms with Crippen LogP contribution in [0.3, 0.4) is 0 Å². The highest BCUT2D eigenvalue weighted by atomic mass is 19.1. The Morgan fingerprint density at radius 2 is 1.94 bits per heavy atom. The van der Waals surface area contributed by atoms with Gasteiger partial charge in [-0.05, 0) is 43.2 Å². The van der Waals surface area contributed by atoms with Crippen LogP contribution >= 0.6 is 0 Å². The van der Waals surface area contributed by atoms with Crippen molar-refractivity contribution < 1.29 is 9.18 Å².